The fourth-order valence-corrected chi connectivity index (χ4v) is 5.37. The summed E-state index contributed by atoms with van der Waals surface area (Å²) >= 11 is 0. The number of methoxy groups -OCH3 is 1. The summed E-state index contributed by atoms with van der Waals surface area (Å²) in [4.78, 5) is 26.5. The molecule has 8 heteroatoms. The van der Waals surface area contributed by atoms with Crippen LogP contribution in [-0.2, 0) is 21.6 Å². The molecular weight excluding hydrogens is 485 g/mol. The normalized spacial score (nSPS) is 18.1. The third kappa shape index (κ3) is 6.72. The lowest BCUT2D eigenvalue weighted by atomic mass is 9.72. The van der Waals surface area contributed by atoms with Gasteiger partial charge in [0.2, 0.25) is 5.91 Å². The van der Waals surface area contributed by atoms with Crippen LogP contribution in [-0.4, -0.2) is 54.8 Å². The Kier molecular flexibility index (Phi) is 10.3. The summed E-state index contributed by atoms with van der Waals surface area (Å²) in [7, 11) is 1.30. The lowest BCUT2D eigenvalue weighted by Crippen LogP contribution is -2.53. The van der Waals surface area contributed by atoms with Crippen LogP contribution in [0.1, 0.15) is 57.6 Å². The maximum Gasteiger partial charge on any atom is 0.406 e. The quantitative estimate of drug-likeness (QED) is 0.392. The van der Waals surface area contributed by atoms with E-state index in [9.17, 15) is 14.7 Å². The van der Waals surface area contributed by atoms with E-state index in [1.807, 2.05) is 45.0 Å². The van der Waals surface area contributed by atoms with Gasteiger partial charge in [0.1, 0.15) is 5.82 Å². The minimum absolute atomic E-state index is 0.00757. The molecule has 0 aliphatic carbocycles. The van der Waals surface area contributed by atoms with Crippen LogP contribution in [0.25, 0.3) is 11.1 Å². The Bertz CT molecular complexity index is 1110. The second kappa shape index (κ2) is 13.2. The largest absolute Gasteiger partial charge is 0.453 e. The number of halogens is 1. The van der Waals surface area contributed by atoms with Gasteiger partial charge in [-0.05, 0) is 60.8 Å². The average molecular weight is 528 g/mol. The highest BCUT2D eigenvalue weighted by atomic mass is 19.1. The van der Waals surface area contributed by atoms with E-state index in [1.165, 1.54) is 13.2 Å². The Morgan fingerprint density at radius 2 is 2.00 bits per heavy atom. The van der Waals surface area contributed by atoms with Crippen molar-refractivity contribution in [2.45, 2.75) is 64.5 Å². The molecule has 4 N–H and O–H groups in total. The number of benzene rings is 2. The Hall–Kier alpha value is -2.97. The van der Waals surface area contributed by atoms with Crippen molar-refractivity contribution in [3.63, 3.8) is 0 Å². The van der Waals surface area contributed by atoms with Crippen molar-refractivity contribution < 1.29 is 23.8 Å². The summed E-state index contributed by atoms with van der Waals surface area (Å²) in [6.45, 7) is 7.06. The SMILES string of the molecule is CCc1cccc(-c2c(F)cccc2[C@](O)(CCCNC(=O)OC)[C@@H]2CCCN(C(=O)[C@@H](N)C(C)C)C2)c1. The monoisotopic (exact) mass is 527 g/mol. The highest BCUT2D eigenvalue weighted by molar-refractivity contribution is 5.82. The number of piperidine rings is 1. The van der Waals surface area contributed by atoms with Gasteiger partial charge in [0.05, 0.1) is 18.8 Å². The fourth-order valence-electron chi connectivity index (χ4n) is 5.37. The number of aliphatic hydroxyl groups is 1. The molecule has 0 spiro atoms. The number of nitrogens with one attached hydrogen (secondary N) is 1. The molecule has 2 amide bonds. The molecule has 1 saturated heterocycles. The van der Waals surface area contributed by atoms with Crippen LogP contribution in [0.15, 0.2) is 42.5 Å². The summed E-state index contributed by atoms with van der Waals surface area (Å²) in [5.74, 6) is -0.888. The van der Waals surface area contributed by atoms with Crippen molar-refractivity contribution >= 4 is 12.0 Å². The number of alkyl carbamates (subject to hydrolysis) is 1. The van der Waals surface area contributed by atoms with E-state index in [0.29, 0.717) is 55.6 Å². The molecule has 1 heterocycles. The number of hydrogen-bond donors (Lipinski definition) is 3. The van der Waals surface area contributed by atoms with Gasteiger partial charge in [-0.25, -0.2) is 9.18 Å². The molecule has 1 aliphatic heterocycles. The number of amides is 2. The van der Waals surface area contributed by atoms with E-state index >= 15 is 4.39 Å². The zero-order valence-electron chi connectivity index (χ0n) is 23.0. The van der Waals surface area contributed by atoms with Gasteiger partial charge in [-0.2, -0.15) is 0 Å². The van der Waals surface area contributed by atoms with Gasteiger partial charge in [-0.3, -0.25) is 4.79 Å². The number of carbonyl (C=O) groups excluding carboxylic acids is 2. The van der Waals surface area contributed by atoms with E-state index in [2.05, 4.69) is 10.1 Å². The molecular formula is C30H42FN3O4. The van der Waals surface area contributed by atoms with Crippen molar-refractivity contribution in [3.05, 3.63) is 59.4 Å². The topological polar surface area (TPSA) is 105 Å². The molecule has 7 nitrogen and oxygen atoms in total. The molecule has 0 bridgehead atoms. The highest BCUT2D eigenvalue weighted by Crippen LogP contribution is 2.44. The molecule has 0 unspecified atom stereocenters. The van der Waals surface area contributed by atoms with Crippen LogP contribution in [0.3, 0.4) is 0 Å². The van der Waals surface area contributed by atoms with Gasteiger partial charge >= 0.3 is 6.09 Å². The molecule has 2 aromatic carbocycles. The Balaban J connectivity index is 2.03. The number of nitrogens with two attached hydrogens (primary N) is 1. The number of carbonyl (C=O) groups is 2. The van der Waals surface area contributed by atoms with Crippen LogP contribution < -0.4 is 11.1 Å². The van der Waals surface area contributed by atoms with Crippen LogP contribution in [0.2, 0.25) is 0 Å². The summed E-state index contributed by atoms with van der Waals surface area (Å²) in [5.41, 5.74) is 7.38. The summed E-state index contributed by atoms with van der Waals surface area (Å²) in [5, 5.41) is 15.1. The number of rotatable bonds is 10. The van der Waals surface area contributed by atoms with Gasteiger partial charge < -0.3 is 25.8 Å². The van der Waals surface area contributed by atoms with Crippen molar-refractivity contribution in [1.29, 1.82) is 0 Å². The molecule has 0 aromatic heterocycles. The van der Waals surface area contributed by atoms with E-state index in [4.69, 9.17) is 5.73 Å². The number of likely N-dealkylation sites (tertiary alicyclic amines) is 1. The van der Waals surface area contributed by atoms with E-state index in [0.717, 1.165) is 12.0 Å². The molecule has 3 atom stereocenters. The van der Waals surface area contributed by atoms with Gasteiger partial charge in [-0.1, -0.05) is 57.2 Å². The minimum Gasteiger partial charge on any atom is -0.453 e. The number of aryl methyl sites for hydroxylation is 1. The van der Waals surface area contributed by atoms with E-state index in [1.54, 1.807) is 17.0 Å². The summed E-state index contributed by atoms with van der Waals surface area (Å²) in [6.07, 6.45) is 2.34. The van der Waals surface area contributed by atoms with Crippen molar-refractivity contribution in [2.75, 3.05) is 26.7 Å². The highest BCUT2D eigenvalue weighted by Gasteiger charge is 2.43. The van der Waals surface area contributed by atoms with Crippen molar-refractivity contribution in [1.82, 2.24) is 10.2 Å². The Labute approximate surface area is 225 Å². The standard InChI is InChI=1S/C30H42FN3O4/c1-5-21-10-6-11-22(18-21)26-24(13-7-14-25(26)31)30(37,15-9-16-33-29(36)38-4)23-12-8-17-34(19-23)28(35)27(32)20(2)3/h6-7,10-11,13-14,18,20,23,27,37H,5,8-9,12,15-17,19,32H2,1-4H3,(H,33,36)/t23-,27+,30+/m1/s1. The zero-order valence-corrected chi connectivity index (χ0v) is 23.0. The predicted molar refractivity (Wildman–Crippen MR) is 147 cm³/mol. The molecule has 1 aliphatic rings. The summed E-state index contributed by atoms with van der Waals surface area (Å²) < 4.78 is 20.2. The lowest BCUT2D eigenvalue weighted by molar-refractivity contribution is -0.139. The smallest absolute Gasteiger partial charge is 0.406 e. The number of hydrogen-bond acceptors (Lipinski definition) is 5. The molecule has 3 rings (SSSR count). The first kappa shape index (κ1) is 29.6. The molecule has 38 heavy (non-hydrogen) atoms. The first-order valence-electron chi connectivity index (χ1n) is 13.6. The van der Waals surface area contributed by atoms with Gasteiger partial charge in [0.15, 0.2) is 0 Å². The lowest BCUT2D eigenvalue weighted by Gasteiger charge is -2.44. The minimum atomic E-state index is -1.45. The van der Waals surface area contributed by atoms with Crippen LogP contribution >= 0.6 is 0 Å². The second-order valence-electron chi connectivity index (χ2n) is 10.6. The first-order chi connectivity index (χ1) is 18.1. The van der Waals surface area contributed by atoms with Gasteiger partial charge in [0, 0.05) is 31.1 Å². The average Bonchev–Trinajstić information content (AvgIpc) is 2.94. The first-order valence-corrected chi connectivity index (χ1v) is 13.6. The van der Waals surface area contributed by atoms with Crippen molar-refractivity contribution in [2.24, 2.45) is 17.6 Å². The molecule has 1 fully saturated rings. The Morgan fingerprint density at radius 1 is 1.26 bits per heavy atom. The third-order valence-electron chi connectivity index (χ3n) is 7.71. The van der Waals surface area contributed by atoms with Crippen LogP contribution in [0.4, 0.5) is 9.18 Å². The van der Waals surface area contributed by atoms with Gasteiger partial charge in [-0.15, -0.1) is 0 Å². The van der Waals surface area contributed by atoms with E-state index in [-0.39, 0.29) is 24.2 Å². The maximum absolute atomic E-state index is 15.5. The fraction of sp³-hybridized carbons (Fsp3) is 0.533. The molecule has 0 radical (unpaired) electrons. The van der Waals surface area contributed by atoms with Crippen molar-refractivity contribution in [3.8, 4) is 11.1 Å². The zero-order chi connectivity index (χ0) is 27.9. The summed E-state index contributed by atoms with van der Waals surface area (Å²) in [6, 6.07) is 11.9. The van der Waals surface area contributed by atoms with E-state index < -0.39 is 23.6 Å². The number of ether oxygens (including phenoxy) is 1. The molecule has 0 saturated carbocycles. The van der Waals surface area contributed by atoms with Crippen LogP contribution in [0, 0.1) is 17.7 Å². The van der Waals surface area contributed by atoms with Crippen LogP contribution in [0.5, 0.6) is 0 Å². The number of nitrogens with zero attached hydrogens (tertiary/aromatic N) is 1. The molecule has 208 valence electrons. The molecule has 2 aromatic rings. The Morgan fingerprint density at radius 3 is 2.68 bits per heavy atom. The predicted octanol–water partition coefficient (Wildman–Crippen LogP) is 4.60. The third-order valence-corrected chi connectivity index (χ3v) is 7.71. The van der Waals surface area contributed by atoms with Gasteiger partial charge in [0.25, 0.3) is 0 Å². The maximum atomic E-state index is 15.5. The second-order valence-corrected chi connectivity index (χ2v) is 10.6.